The van der Waals surface area contributed by atoms with Gasteiger partial charge in [-0.15, -0.1) is 0 Å². The summed E-state index contributed by atoms with van der Waals surface area (Å²) in [6.07, 6.45) is 7.04. The number of fused-ring (bicyclic) bond motifs is 1. The standard InChI is InChI=1S/C17H22O4/c1-5-6-7-8-11-9-10-12-13(11)15(19-2)17(21-4)16(20-3)14(12)18/h8H,2,5-7,9-10H2,1,3-4H3/b11-8+. The van der Waals surface area contributed by atoms with Crippen LogP contribution >= 0.6 is 0 Å². The average Bonchev–Trinajstić information content (AvgIpc) is 2.91. The fourth-order valence-corrected chi connectivity index (χ4v) is 2.86. The zero-order valence-corrected chi connectivity index (χ0v) is 13.0. The van der Waals surface area contributed by atoms with Crippen LogP contribution in [0.2, 0.25) is 0 Å². The van der Waals surface area contributed by atoms with E-state index in [2.05, 4.69) is 20.1 Å². The summed E-state index contributed by atoms with van der Waals surface area (Å²) >= 11 is 0. The first-order valence-electron chi connectivity index (χ1n) is 7.28. The largest absolute Gasteiger partial charge is 0.490 e. The van der Waals surface area contributed by atoms with Crippen molar-refractivity contribution >= 4 is 5.57 Å². The third kappa shape index (κ3) is 2.67. The summed E-state index contributed by atoms with van der Waals surface area (Å²) in [6.45, 7) is 2.16. The van der Waals surface area contributed by atoms with Crippen molar-refractivity contribution in [3.8, 4) is 23.0 Å². The number of methoxy groups -OCH3 is 2. The summed E-state index contributed by atoms with van der Waals surface area (Å²) in [5.41, 5.74) is 2.74. The lowest BCUT2D eigenvalue weighted by Gasteiger charge is -2.17. The van der Waals surface area contributed by atoms with Crippen LogP contribution in [0.5, 0.6) is 23.0 Å². The van der Waals surface area contributed by atoms with Gasteiger partial charge in [0.05, 0.1) is 14.2 Å². The Bertz CT molecular complexity index is 546. The normalized spacial score (nSPS) is 15.1. The highest BCUT2D eigenvalue weighted by atomic mass is 16.5. The first-order valence-corrected chi connectivity index (χ1v) is 7.28. The van der Waals surface area contributed by atoms with Crippen molar-refractivity contribution < 1.29 is 19.3 Å². The number of hydrogen-bond acceptors (Lipinski definition) is 3. The lowest BCUT2D eigenvalue weighted by atomic mass is 10.0. The van der Waals surface area contributed by atoms with Crippen LogP contribution in [0.15, 0.2) is 6.08 Å². The molecule has 0 aliphatic heterocycles. The Hall–Kier alpha value is -1.84. The highest BCUT2D eigenvalue weighted by Crippen LogP contribution is 2.55. The molecule has 0 spiro atoms. The first-order chi connectivity index (χ1) is 10.2. The molecule has 0 amide bonds. The molecule has 1 aromatic carbocycles. The molecule has 0 bridgehead atoms. The Balaban J connectivity index is 2.58. The zero-order valence-electron chi connectivity index (χ0n) is 13.0. The maximum atomic E-state index is 12.5. The smallest absolute Gasteiger partial charge is 0.228 e. The van der Waals surface area contributed by atoms with Gasteiger partial charge in [-0.25, -0.2) is 0 Å². The summed E-state index contributed by atoms with van der Waals surface area (Å²) < 4.78 is 15.8. The SMILES string of the molecule is [CH2]Oc1c(OC)c(OC)c([O])c2c1/C(=C/CCCC)CC2. The second-order valence-corrected chi connectivity index (χ2v) is 5.09. The highest BCUT2D eigenvalue weighted by Gasteiger charge is 2.32. The number of hydrogen-bond donors (Lipinski definition) is 0. The Morgan fingerprint density at radius 3 is 2.43 bits per heavy atom. The van der Waals surface area contributed by atoms with Crippen LogP contribution in [-0.2, 0) is 11.5 Å². The minimum absolute atomic E-state index is 0.107. The number of rotatable bonds is 6. The van der Waals surface area contributed by atoms with Crippen LogP contribution in [0.4, 0.5) is 0 Å². The summed E-state index contributed by atoms with van der Waals surface area (Å²) in [5.74, 6) is 0.928. The van der Waals surface area contributed by atoms with Gasteiger partial charge in [0.15, 0.2) is 5.75 Å². The van der Waals surface area contributed by atoms with E-state index >= 15 is 0 Å². The molecular formula is C17H22O4. The Kier molecular flexibility index (Phi) is 4.99. The fourth-order valence-electron chi connectivity index (χ4n) is 2.86. The van der Waals surface area contributed by atoms with Gasteiger partial charge < -0.3 is 14.2 Å². The molecule has 0 unspecified atom stereocenters. The molecule has 2 rings (SSSR count). The molecule has 4 nitrogen and oxygen atoms in total. The molecule has 1 aliphatic rings. The van der Waals surface area contributed by atoms with Gasteiger partial charge in [-0.05, 0) is 24.8 Å². The predicted molar refractivity (Wildman–Crippen MR) is 81.5 cm³/mol. The summed E-state index contributed by atoms with van der Waals surface area (Å²) in [6, 6.07) is 0. The van der Waals surface area contributed by atoms with E-state index in [9.17, 15) is 5.11 Å². The van der Waals surface area contributed by atoms with Gasteiger partial charge in [0.1, 0.15) is 7.11 Å². The minimum Gasteiger partial charge on any atom is -0.490 e. The molecule has 114 valence electrons. The molecule has 21 heavy (non-hydrogen) atoms. The topological polar surface area (TPSA) is 47.6 Å². The van der Waals surface area contributed by atoms with Crippen molar-refractivity contribution in [3.05, 3.63) is 24.3 Å². The van der Waals surface area contributed by atoms with Crippen LogP contribution in [-0.4, -0.2) is 14.2 Å². The maximum absolute atomic E-state index is 12.5. The summed E-state index contributed by atoms with van der Waals surface area (Å²) in [4.78, 5) is 0. The number of ether oxygens (including phenoxy) is 3. The molecule has 0 saturated carbocycles. The second-order valence-electron chi connectivity index (χ2n) is 5.09. The van der Waals surface area contributed by atoms with Gasteiger partial charge in [0.25, 0.3) is 0 Å². The van der Waals surface area contributed by atoms with E-state index in [1.165, 1.54) is 14.2 Å². The third-order valence-electron chi connectivity index (χ3n) is 3.89. The second kappa shape index (κ2) is 6.74. The van der Waals surface area contributed by atoms with Crippen molar-refractivity contribution in [2.24, 2.45) is 0 Å². The van der Waals surface area contributed by atoms with Gasteiger partial charge in [-0.3, -0.25) is 5.11 Å². The highest BCUT2D eigenvalue weighted by molar-refractivity contribution is 5.84. The van der Waals surface area contributed by atoms with E-state index in [-0.39, 0.29) is 11.5 Å². The molecular weight excluding hydrogens is 268 g/mol. The van der Waals surface area contributed by atoms with E-state index in [4.69, 9.17) is 14.2 Å². The molecule has 4 heteroatoms. The van der Waals surface area contributed by atoms with Crippen molar-refractivity contribution in [1.82, 2.24) is 0 Å². The van der Waals surface area contributed by atoms with Crippen molar-refractivity contribution in [3.63, 3.8) is 0 Å². The number of allylic oxidation sites excluding steroid dienone is 2. The van der Waals surface area contributed by atoms with Gasteiger partial charge in [-0.1, -0.05) is 25.8 Å². The van der Waals surface area contributed by atoms with Gasteiger partial charge in [0.2, 0.25) is 17.2 Å². The van der Waals surface area contributed by atoms with Crippen LogP contribution in [0.3, 0.4) is 0 Å². The maximum Gasteiger partial charge on any atom is 0.228 e. The molecule has 2 radical (unpaired) electrons. The quantitative estimate of drug-likeness (QED) is 0.723. The van der Waals surface area contributed by atoms with Crippen molar-refractivity contribution in [2.75, 3.05) is 14.2 Å². The van der Waals surface area contributed by atoms with Gasteiger partial charge >= 0.3 is 0 Å². The van der Waals surface area contributed by atoms with E-state index in [0.29, 0.717) is 17.9 Å². The van der Waals surface area contributed by atoms with Crippen LogP contribution in [0.1, 0.15) is 43.7 Å². The molecule has 0 heterocycles. The Morgan fingerprint density at radius 2 is 1.86 bits per heavy atom. The van der Waals surface area contributed by atoms with Crippen molar-refractivity contribution in [2.45, 2.75) is 39.0 Å². The van der Waals surface area contributed by atoms with Crippen molar-refractivity contribution in [1.29, 1.82) is 0 Å². The monoisotopic (exact) mass is 290 g/mol. The molecule has 1 aliphatic carbocycles. The van der Waals surface area contributed by atoms with E-state index < -0.39 is 0 Å². The zero-order chi connectivity index (χ0) is 15.4. The molecule has 1 aromatic rings. The lowest BCUT2D eigenvalue weighted by molar-refractivity contribution is 0.288. The predicted octanol–water partition coefficient (Wildman–Crippen LogP) is 4.54. The van der Waals surface area contributed by atoms with E-state index in [0.717, 1.165) is 42.4 Å². The average molecular weight is 290 g/mol. The fraction of sp³-hybridized carbons (Fsp3) is 0.471. The van der Waals surface area contributed by atoms with Gasteiger partial charge in [-0.2, -0.15) is 0 Å². The van der Waals surface area contributed by atoms with Crippen LogP contribution in [0.25, 0.3) is 5.57 Å². The van der Waals surface area contributed by atoms with Crippen LogP contribution < -0.4 is 14.2 Å². The molecule has 0 atom stereocenters. The van der Waals surface area contributed by atoms with Crippen LogP contribution in [0, 0.1) is 7.11 Å². The van der Waals surface area contributed by atoms with E-state index in [1.807, 2.05) is 0 Å². The molecule has 0 aromatic heterocycles. The third-order valence-corrected chi connectivity index (χ3v) is 3.89. The summed E-state index contributed by atoms with van der Waals surface area (Å²) in [7, 11) is 6.48. The Morgan fingerprint density at radius 1 is 1.14 bits per heavy atom. The molecule has 0 fully saturated rings. The number of benzene rings is 1. The Labute approximate surface area is 126 Å². The minimum atomic E-state index is -0.107. The van der Waals surface area contributed by atoms with Gasteiger partial charge in [0, 0.05) is 11.1 Å². The molecule has 0 N–H and O–H groups in total. The lowest BCUT2D eigenvalue weighted by Crippen LogP contribution is -1.99. The first kappa shape index (κ1) is 15.5. The van der Waals surface area contributed by atoms with E-state index in [1.54, 1.807) is 0 Å². The number of unbranched alkanes of at least 4 members (excludes halogenated alkanes) is 2. The molecule has 0 saturated heterocycles. The summed E-state index contributed by atoms with van der Waals surface area (Å²) in [5, 5.41) is 12.5.